The molecule has 0 bridgehead atoms. The zero-order valence-electron chi connectivity index (χ0n) is 11.1. The standard InChI is InChI=1S/C14H19FN2O/c1-14(2,3)11-5-7-17(9-11)13(18)10-4-6-16-12(15)8-10/h4,6,8,11H,5,7,9H2,1-3H3. The molecule has 18 heavy (non-hydrogen) atoms. The molecule has 1 amide bonds. The number of carbonyl (C=O) groups is 1. The highest BCUT2D eigenvalue weighted by atomic mass is 19.1. The van der Waals surface area contributed by atoms with Crippen molar-refractivity contribution in [1.29, 1.82) is 0 Å². The molecule has 1 aliphatic heterocycles. The SMILES string of the molecule is CC(C)(C)C1CCN(C(=O)c2ccnc(F)c2)C1. The molecule has 98 valence electrons. The first-order chi connectivity index (χ1) is 8.38. The second-order valence-electron chi connectivity index (χ2n) is 5.97. The number of nitrogens with zero attached hydrogens (tertiary/aromatic N) is 2. The van der Waals surface area contributed by atoms with Gasteiger partial charge in [0.1, 0.15) is 0 Å². The first-order valence-electron chi connectivity index (χ1n) is 6.29. The van der Waals surface area contributed by atoms with Crippen LogP contribution in [-0.2, 0) is 0 Å². The van der Waals surface area contributed by atoms with Crippen LogP contribution >= 0.6 is 0 Å². The number of rotatable bonds is 1. The molecular weight excluding hydrogens is 231 g/mol. The minimum absolute atomic E-state index is 0.0944. The molecule has 1 unspecified atom stereocenters. The summed E-state index contributed by atoms with van der Waals surface area (Å²) >= 11 is 0. The Bertz CT molecular complexity index is 453. The van der Waals surface area contributed by atoms with Crippen LogP contribution in [0.5, 0.6) is 0 Å². The van der Waals surface area contributed by atoms with Crippen molar-refractivity contribution < 1.29 is 9.18 Å². The van der Waals surface area contributed by atoms with E-state index in [9.17, 15) is 9.18 Å². The molecule has 1 saturated heterocycles. The minimum Gasteiger partial charge on any atom is -0.338 e. The Hall–Kier alpha value is -1.45. The predicted molar refractivity (Wildman–Crippen MR) is 67.7 cm³/mol. The van der Waals surface area contributed by atoms with Crippen molar-refractivity contribution in [3.8, 4) is 0 Å². The maximum Gasteiger partial charge on any atom is 0.254 e. The lowest BCUT2D eigenvalue weighted by Crippen LogP contribution is -2.31. The van der Waals surface area contributed by atoms with Gasteiger partial charge in [-0.1, -0.05) is 20.8 Å². The summed E-state index contributed by atoms with van der Waals surface area (Å²) in [6.07, 6.45) is 2.35. The Kier molecular flexibility index (Phi) is 3.37. The van der Waals surface area contributed by atoms with Gasteiger partial charge in [0.15, 0.2) is 0 Å². The number of likely N-dealkylation sites (tertiary alicyclic amines) is 1. The van der Waals surface area contributed by atoms with Crippen molar-refractivity contribution in [1.82, 2.24) is 9.88 Å². The molecule has 4 heteroatoms. The summed E-state index contributed by atoms with van der Waals surface area (Å²) in [7, 11) is 0. The Labute approximate surface area is 107 Å². The van der Waals surface area contributed by atoms with Gasteiger partial charge in [0.05, 0.1) is 0 Å². The molecule has 1 fully saturated rings. The van der Waals surface area contributed by atoms with Crippen LogP contribution < -0.4 is 0 Å². The number of aromatic nitrogens is 1. The van der Waals surface area contributed by atoms with Gasteiger partial charge in [-0.2, -0.15) is 4.39 Å². The summed E-state index contributed by atoms with van der Waals surface area (Å²) in [5.41, 5.74) is 0.593. The van der Waals surface area contributed by atoms with Crippen LogP contribution in [0.4, 0.5) is 4.39 Å². The van der Waals surface area contributed by atoms with Gasteiger partial charge in [0.25, 0.3) is 5.91 Å². The average Bonchev–Trinajstić information content (AvgIpc) is 2.77. The van der Waals surface area contributed by atoms with Gasteiger partial charge in [-0.25, -0.2) is 4.98 Å². The third-order valence-electron chi connectivity index (χ3n) is 3.67. The average molecular weight is 250 g/mol. The van der Waals surface area contributed by atoms with Gasteiger partial charge in [0, 0.05) is 30.9 Å². The van der Waals surface area contributed by atoms with Crippen LogP contribution in [0.15, 0.2) is 18.3 Å². The highest BCUT2D eigenvalue weighted by Gasteiger charge is 2.34. The lowest BCUT2D eigenvalue weighted by Gasteiger charge is -2.27. The smallest absolute Gasteiger partial charge is 0.254 e. The van der Waals surface area contributed by atoms with E-state index in [-0.39, 0.29) is 11.3 Å². The molecule has 1 aliphatic rings. The monoisotopic (exact) mass is 250 g/mol. The van der Waals surface area contributed by atoms with E-state index in [0.717, 1.165) is 19.5 Å². The van der Waals surface area contributed by atoms with E-state index in [1.807, 2.05) is 4.90 Å². The molecule has 0 saturated carbocycles. The quantitative estimate of drug-likeness (QED) is 0.718. The van der Waals surface area contributed by atoms with Crippen LogP contribution in [0.25, 0.3) is 0 Å². The predicted octanol–water partition coefficient (Wildman–Crippen LogP) is 2.73. The fraction of sp³-hybridized carbons (Fsp3) is 0.571. The first-order valence-corrected chi connectivity index (χ1v) is 6.29. The van der Waals surface area contributed by atoms with Crippen molar-refractivity contribution in [3.05, 3.63) is 29.8 Å². The molecule has 0 N–H and O–H groups in total. The van der Waals surface area contributed by atoms with E-state index < -0.39 is 5.95 Å². The summed E-state index contributed by atoms with van der Waals surface area (Å²) in [5.74, 6) is -0.191. The van der Waals surface area contributed by atoms with E-state index in [2.05, 4.69) is 25.8 Å². The Morgan fingerprint density at radius 1 is 1.50 bits per heavy atom. The Morgan fingerprint density at radius 3 is 2.78 bits per heavy atom. The number of pyridine rings is 1. The fourth-order valence-electron chi connectivity index (χ4n) is 2.37. The van der Waals surface area contributed by atoms with Gasteiger partial charge in [-0.3, -0.25) is 4.79 Å². The van der Waals surface area contributed by atoms with Crippen molar-refractivity contribution in [2.75, 3.05) is 13.1 Å². The summed E-state index contributed by atoms with van der Waals surface area (Å²) in [6, 6.07) is 2.77. The van der Waals surface area contributed by atoms with Crippen LogP contribution in [0.1, 0.15) is 37.6 Å². The molecule has 2 heterocycles. The minimum atomic E-state index is -0.604. The molecule has 1 aromatic heterocycles. The van der Waals surface area contributed by atoms with Gasteiger partial charge >= 0.3 is 0 Å². The molecule has 0 aromatic carbocycles. The Morgan fingerprint density at radius 2 is 2.22 bits per heavy atom. The van der Waals surface area contributed by atoms with Crippen molar-refractivity contribution in [3.63, 3.8) is 0 Å². The summed E-state index contributed by atoms with van der Waals surface area (Å²) in [6.45, 7) is 8.09. The maximum atomic E-state index is 13.0. The maximum absolute atomic E-state index is 13.0. The van der Waals surface area contributed by atoms with E-state index in [0.29, 0.717) is 11.5 Å². The topological polar surface area (TPSA) is 33.2 Å². The number of halogens is 1. The van der Waals surface area contributed by atoms with Crippen molar-refractivity contribution in [2.45, 2.75) is 27.2 Å². The summed E-state index contributed by atoms with van der Waals surface area (Å²) in [4.78, 5) is 17.5. The molecule has 1 atom stereocenters. The second-order valence-corrected chi connectivity index (χ2v) is 5.97. The van der Waals surface area contributed by atoms with Crippen molar-refractivity contribution >= 4 is 5.91 Å². The first kappa shape index (κ1) is 13.0. The molecule has 0 spiro atoms. The molecular formula is C14H19FN2O. The number of amides is 1. The van der Waals surface area contributed by atoms with Crippen LogP contribution in [0, 0.1) is 17.3 Å². The highest BCUT2D eigenvalue weighted by Crippen LogP contribution is 2.34. The van der Waals surface area contributed by atoms with E-state index in [4.69, 9.17) is 0 Å². The molecule has 0 radical (unpaired) electrons. The van der Waals surface area contributed by atoms with Gasteiger partial charge < -0.3 is 4.90 Å². The zero-order valence-corrected chi connectivity index (χ0v) is 11.1. The lowest BCUT2D eigenvalue weighted by molar-refractivity contribution is 0.0776. The lowest BCUT2D eigenvalue weighted by atomic mass is 9.80. The summed E-state index contributed by atoms with van der Waals surface area (Å²) in [5, 5.41) is 0. The third-order valence-corrected chi connectivity index (χ3v) is 3.67. The highest BCUT2D eigenvalue weighted by molar-refractivity contribution is 5.94. The Balaban J connectivity index is 2.08. The van der Waals surface area contributed by atoms with Gasteiger partial charge in [-0.05, 0) is 23.8 Å². The van der Waals surface area contributed by atoms with Gasteiger partial charge in [0.2, 0.25) is 5.95 Å². The van der Waals surface area contributed by atoms with Crippen molar-refractivity contribution in [2.24, 2.45) is 11.3 Å². The van der Waals surface area contributed by atoms with E-state index >= 15 is 0 Å². The number of hydrogen-bond acceptors (Lipinski definition) is 2. The normalized spacial score (nSPS) is 20.2. The van der Waals surface area contributed by atoms with E-state index in [1.54, 1.807) is 6.07 Å². The molecule has 3 nitrogen and oxygen atoms in total. The fourth-order valence-corrected chi connectivity index (χ4v) is 2.37. The number of carbonyl (C=O) groups excluding carboxylic acids is 1. The van der Waals surface area contributed by atoms with Crippen LogP contribution in [0.3, 0.4) is 0 Å². The number of hydrogen-bond donors (Lipinski definition) is 0. The van der Waals surface area contributed by atoms with Gasteiger partial charge in [-0.15, -0.1) is 0 Å². The molecule has 1 aromatic rings. The second kappa shape index (κ2) is 4.67. The zero-order chi connectivity index (χ0) is 13.3. The third kappa shape index (κ3) is 2.68. The largest absolute Gasteiger partial charge is 0.338 e. The van der Waals surface area contributed by atoms with Crippen LogP contribution in [0.2, 0.25) is 0 Å². The van der Waals surface area contributed by atoms with E-state index in [1.165, 1.54) is 12.3 Å². The van der Waals surface area contributed by atoms with Crippen LogP contribution in [-0.4, -0.2) is 28.9 Å². The summed E-state index contributed by atoms with van der Waals surface area (Å²) < 4.78 is 13.0. The molecule has 0 aliphatic carbocycles. The molecule has 2 rings (SSSR count).